The highest BCUT2D eigenvalue weighted by Crippen LogP contribution is 2.50. The second-order valence-corrected chi connectivity index (χ2v) is 9.54. The van der Waals surface area contributed by atoms with E-state index in [9.17, 15) is 14.4 Å². The van der Waals surface area contributed by atoms with Crippen LogP contribution in [0, 0.1) is 11.8 Å². The largest absolute Gasteiger partial charge is 0.376 e. The standard InChI is InChI=1S/C27H27N3O4/c1-16-14-21-22-23(27(33)29(26(22)32)15-18-10-7-13-34-18)24(25(31)28-17-8-3-2-4-9-17)30(21)20-12-6-5-11-19(16)20/h2-6,8-9,11-12,14,18,21-24H,7,10,13,15H2,1H3,(H,28,31)/t18-,21-,22-,23-,24+/m0/s1. The molecule has 174 valence electrons. The van der Waals surface area contributed by atoms with E-state index in [4.69, 9.17) is 4.74 Å². The number of allylic oxidation sites excluding steroid dienone is 1. The van der Waals surface area contributed by atoms with Gasteiger partial charge in [-0.1, -0.05) is 42.5 Å². The molecule has 3 fully saturated rings. The molecule has 6 rings (SSSR count). The molecule has 4 aliphatic rings. The van der Waals surface area contributed by atoms with Crippen LogP contribution in [0.25, 0.3) is 5.57 Å². The number of anilines is 2. The highest BCUT2D eigenvalue weighted by molar-refractivity contribution is 6.12. The Balaban J connectivity index is 1.41. The maximum Gasteiger partial charge on any atom is 0.247 e. The number of benzene rings is 2. The van der Waals surface area contributed by atoms with Crippen molar-refractivity contribution in [2.75, 3.05) is 23.4 Å². The minimum absolute atomic E-state index is 0.121. The molecule has 4 heterocycles. The van der Waals surface area contributed by atoms with Crippen LogP contribution in [0.3, 0.4) is 0 Å². The van der Waals surface area contributed by atoms with Gasteiger partial charge in [0.15, 0.2) is 0 Å². The van der Waals surface area contributed by atoms with E-state index in [1.807, 2.05) is 66.4 Å². The third-order valence-electron chi connectivity index (χ3n) is 7.57. The second-order valence-electron chi connectivity index (χ2n) is 9.54. The molecule has 4 aliphatic heterocycles. The number of likely N-dealkylation sites (tertiary alicyclic amines) is 1. The zero-order valence-electron chi connectivity index (χ0n) is 19.0. The maximum atomic E-state index is 13.7. The Morgan fingerprint density at radius 2 is 1.76 bits per heavy atom. The van der Waals surface area contributed by atoms with Gasteiger partial charge in [-0.05, 0) is 43.5 Å². The average molecular weight is 458 g/mol. The molecule has 2 aromatic carbocycles. The Morgan fingerprint density at radius 1 is 1.03 bits per heavy atom. The molecule has 0 aromatic heterocycles. The molecule has 1 N–H and O–H groups in total. The monoisotopic (exact) mass is 457 g/mol. The van der Waals surface area contributed by atoms with Gasteiger partial charge >= 0.3 is 0 Å². The topological polar surface area (TPSA) is 78.9 Å². The van der Waals surface area contributed by atoms with E-state index in [1.54, 1.807) is 0 Å². The van der Waals surface area contributed by atoms with Crippen molar-refractivity contribution >= 4 is 34.7 Å². The van der Waals surface area contributed by atoms with Crippen LogP contribution in [0.4, 0.5) is 11.4 Å². The summed E-state index contributed by atoms with van der Waals surface area (Å²) in [5.41, 5.74) is 3.63. The Morgan fingerprint density at radius 3 is 2.53 bits per heavy atom. The zero-order chi connectivity index (χ0) is 23.4. The Labute approximate surface area is 198 Å². The minimum Gasteiger partial charge on any atom is -0.376 e. The van der Waals surface area contributed by atoms with E-state index in [2.05, 4.69) is 11.4 Å². The molecule has 0 radical (unpaired) electrons. The number of hydrogen-bond donors (Lipinski definition) is 1. The quantitative estimate of drug-likeness (QED) is 0.714. The highest BCUT2D eigenvalue weighted by Gasteiger charge is 2.64. The molecular formula is C27H27N3O4. The van der Waals surface area contributed by atoms with E-state index in [1.165, 1.54) is 4.90 Å². The van der Waals surface area contributed by atoms with Crippen molar-refractivity contribution < 1.29 is 19.1 Å². The highest BCUT2D eigenvalue weighted by atomic mass is 16.5. The SMILES string of the molecule is CC1=C[C@H]2[C@@H]3C(=O)N(C[C@@H]4CCCO4)C(=O)[C@@H]3[C@H](C(=O)Nc3ccccc3)N2c2ccccc21. The number of para-hydroxylation sites is 2. The van der Waals surface area contributed by atoms with Gasteiger partial charge in [-0.3, -0.25) is 19.3 Å². The minimum atomic E-state index is -0.786. The van der Waals surface area contributed by atoms with Crippen molar-refractivity contribution in [2.24, 2.45) is 11.8 Å². The van der Waals surface area contributed by atoms with Gasteiger partial charge in [0.05, 0.1) is 30.5 Å². The summed E-state index contributed by atoms with van der Waals surface area (Å²) in [5, 5.41) is 2.99. The van der Waals surface area contributed by atoms with Gasteiger partial charge in [0.2, 0.25) is 17.7 Å². The first-order chi connectivity index (χ1) is 16.5. The molecule has 5 atom stereocenters. The predicted molar refractivity (Wildman–Crippen MR) is 128 cm³/mol. The van der Waals surface area contributed by atoms with Gasteiger partial charge in [0.1, 0.15) is 6.04 Å². The Bertz CT molecular complexity index is 1190. The van der Waals surface area contributed by atoms with E-state index in [0.717, 1.165) is 29.7 Å². The summed E-state index contributed by atoms with van der Waals surface area (Å²) in [7, 11) is 0. The van der Waals surface area contributed by atoms with E-state index in [-0.39, 0.29) is 36.4 Å². The summed E-state index contributed by atoms with van der Waals surface area (Å²) in [5.74, 6) is -2.07. The zero-order valence-corrected chi connectivity index (χ0v) is 19.0. The second kappa shape index (κ2) is 8.09. The van der Waals surface area contributed by atoms with Crippen molar-refractivity contribution in [2.45, 2.75) is 38.0 Å². The fraction of sp³-hybridized carbons (Fsp3) is 0.370. The number of nitrogens with one attached hydrogen (secondary N) is 1. The molecule has 7 nitrogen and oxygen atoms in total. The number of rotatable bonds is 4. The van der Waals surface area contributed by atoms with Crippen molar-refractivity contribution in [3.63, 3.8) is 0 Å². The molecular weight excluding hydrogens is 430 g/mol. The number of nitrogens with zero attached hydrogens (tertiary/aromatic N) is 2. The molecule has 0 saturated carbocycles. The number of amides is 3. The molecule has 7 heteroatoms. The van der Waals surface area contributed by atoms with Crippen molar-refractivity contribution in [3.8, 4) is 0 Å². The number of carbonyl (C=O) groups is 3. The van der Waals surface area contributed by atoms with E-state index >= 15 is 0 Å². The molecule has 0 unspecified atom stereocenters. The van der Waals surface area contributed by atoms with Crippen molar-refractivity contribution in [3.05, 3.63) is 66.2 Å². The number of fused-ring (bicyclic) bond motifs is 5. The van der Waals surface area contributed by atoms with Crippen LogP contribution in [0.2, 0.25) is 0 Å². The number of carbonyl (C=O) groups excluding carboxylic acids is 3. The molecule has 34 heavy (non-hydrogen) atoms. The normalized spacial score (nSPS) is 29.6. The molecule has 0 aliphatic carbocycles. The molecule has 2 aromatic rings. The van der Waals surface area contributed by atoms with Crippen LogP contribution in [0.1, 0.15) is 25.3 Å². The first-order valence-corrected chi connectivity index (χ1v) is 11.9. The summed E-state index contributed by atoms with van der Waals surface area (Å²) in [6.07, 6.45) is 3.71. The molecule has 0 spiro atoms. The lowest BCUT2D eigenvalue weighted by atomic mass is 9.87. The summed E-state index contributed by atoms with van der Waals surface area (Å²) in [6.45, 7) is 2.95. The number of ether oxygens (including phenoxy) is 1. The lowest BCUT2D eigenvalue weighted by molar-refractivity contribution is -0.142. The molecule has 3 saturated heterocycles. The van der Waals surface area contributed by atoms with Crippen LogP contribution >= 0.6 is 0 Å². The van der Waals surface area contributed by atoms with Gasteiger partial charge < -0.3 is 15.0 Å². The fourth-order valence-electron chi connectivity index (χ4n) is 6.07. The van der Waals surface area contributed by atoms with Gasteiger partial charge in [0.25, 0.3) is 0 Å². The smallest absolute Gasteiger partial charge is 0.247 e. The summed E-state index contributed by atoms with van der Waals surface area (Å²) >= 11 is 0. The van der Waals surface area contributed by atoms with Gasteiger partial charge in [-0.15, -0.1) is 0 Å². The van der Waals surface area contributed by atoms with Gasteiger partial charge in [-0.25, -0.2) is 0 Å². The van der Waals surface area contributed by atoms with E-state index in [0.29, 0.717) is 12.3 Å². The summed E-state index contributed by atoms with van der Waals surface area (Å²) in [4.78, 5) is 44.4. The third kappa shape index (κ3) is 3.18. The predicted octanol–water partition coefficient (Wildman–Crippen LogP) is 3.08. The van der Waals surface area contributed by atoms with Crippen LogP contribution in [-0.4, -0.2) is 54.0 Å². The Kier molecular flexibility index (Phi) is 5.03. The molecule has 3 amide bonds. The van der Waals surface area contributed by atoms with Crippen LogP contribution < -0.4 is 10.2 Å². The summed E-state index contributed by atoms with van der Waals surface area (Å²) in [6, 6.07) is 16.0. The van der Waals surface area contributed by atoms with Crippen LogP contribution in [-0.2, 0) is 19.1 Å². The van der Waals surface area contributed by atoms with Crippen molar-refractivity contribution in [1.29, 1.82) is 0 Å². The summed E-state index contributed by atoms with van der Waals surface area (Å²) < 4.78 is 5.71. The van der Waals surface area contributed by atoms with Crippen LogP contribution in [0.5, 0.6) is 0 Å². The third-order valence-corrected chi connectivity index (χ3v) is 7.57. The lowest BCUT2D eigenvalue weighted by Crippen LogP contribution is -2.51. The fourth-order valence-corrected chi connectivity index (χ4v) is 6.07. The lowest BCUT2D eigenvalue weighted by Gasteiger charge is -2.38. The average Bonchev–Trinajstić information content (AvgIpc) is 3.53. The maximum absolute atomic E-state index is 13.7. The van der Waals surface area contributed by atoms with Crippen molar-refractivity contribution in [1.82, 2.24) is 4.90 Å². The van der Waals surface area contributed by atoms with Gasteiger partial charge in [0, 0.05) is 23.5 Å². The van der Waals surface area contributed by atoms with Gasteiger partial charge in [-0.2, -0.15) is 0 Å². The van der Waals surface area contributed by atoms with E-state index < -0.39 is 17.9 Å². The Hall–Kier alpha value is -3.45. The first-order valence-electron chi connectivity index (χ1n) is 11.9. The van der Waals surface area contributed by atoms with Crippen LogP contribution in [0.15, 0.2) is 60.7 Å². The number of imide groups is 1. The first kappa shape index (κ1) is 21.1. The molecule has 0 bridgehead atoms. The number of hydrogen-bond acceptors (Lipinski definition) is 5.